The summed E-state index contributed by atoms with van der Waals surface area (Å²) in [5, 5.41) is 2.84. The fraction of sp³-hybridized carbons (Fsp3) is 0.294. The van der Waals surface area contributed by atoms with Crippen LogP contribution in [0, 0.1) is 0 Å². The first kappa shape index (κ1) is 16.3. The molecule has 3 rings (SSSR count). The van der Waals surface area contributed by atoms with Gasteiger partial charge in [0.1, 0.15) is 5.75 Å². The minimum absolute atomic E-state index is 0. The van der Waals surface area contributed by atoms with Gasteiger partial charge in [-0.1, -0.05) is 0 Å². The predicted octanol–water partition coefficient (Wildman–Crippen LogP) is 4.08. The molecule has 22 heavy (non-hydrogen) atoms. The Morgan fingerprint density at radius 3 is 2.50 bits per heavy atom. The average Bonchev–Trinajstić information content (AvgIpc) is 3.03. The van der Waals surface area contributed by atoms with Gasteiger partial charge in [-0.25, -0.2) is 0 Å². The molecule has 0 aliphatic heterocycles. The lowest BCUT2D eigenvalue weighted by Crippen LogP contribution is -2.12. The number of carbonyl (C=O) groups excluding carboxylic acids is 1. The molecule has 1 amide bonds. The van der Waals surface area contributed by atoms with Crippen LogP contribution in [0.5, 0.6) is 5.75 Å². The number of carbonyl (C=O) groups is 1. The van der Waals surface area contributed by atoms with E-state index in [1.165, 1.54) is 12.8 Å². The van der Waals surface area contributed by atoms with Gasteiger partial charge in [0.15, 0.2) is 0 Å². The van der Waals surface area contributed by atoms with Gasteiger partial charge < -0.3 is 10.1 Å². The molecule has 1 N–H and O–H groups in total. The van der Waals surface area contributed by atoms with Crippen LogP contribution in [-0.4, -0.2) is 17.0 Å². The molecule has 0 spiro atoms. The Bertz CT molecular complexity index is 596. The van der Waals surface area contributed by atoms with E-state index in [4.69, 9.17) is 4.74 Å². The van der Waals surface area contributed by atoms with Crippen LogP contribution in [-0.2, 0) is 0 Å². The van der Waals surface area contributed by atoms with E-state index in [1.54, 1.807) is 24.5 Å². The quantitative estimate of drug-likeness (QED) is 0.924. The van der Waals surface area contributed by atoms with Crippen molar-refractivity contribution in [2.24, 2.45) is 0 Å². The summed E-state index contributed by atoms with van der Waals surface area (Å²) in [6, 6.07) is 11.0. The van der Waals surface area contributed by atoms with Gasteiger partial charge in [0.25, 0.3) is 5.91 Å². The molecule has 2 aromatic rings. The van der Waals surface area contributed by atoms with Crippen LogP contribution in [0.3, 0.4) is 0 Å². The van der Waals surface area contributed by atoms with Gasteiger partial charge >= 0.3 is 0 Å². The van der Waals surface area contributed by atoms with Crippen molar-refractivity contribution in [3.63, 3.8) is 0 Å². The summed E-state index contributed by atoms with van der Waals surface area (Å²) >= 11 is 0. The summed E-state index contributed by atoms with van der Waals surface area (Å²) in [5.74, 6) is 0.703. The fourth-order valence-electron chi connectivity index (χ4n) is 2.52. The first-order chi connectivity index (χ1) is 10.3. The highest BCUT2D eigenvalue weighted by Crippen LogP contribution is 2.25. The Kier molecular flexibility index (Phi) is 5.78. The van der Waals surface area contributed by atoms with Crippen molar-refractivity contribution in [3.05, 3.63) is 54.4 Å². The normalized spacial score (nSPS) is 14.2. The van der Waals surface area contributed by atoms with Crippen LogP contribution in [0.15, 0.2) is 48.8 Å². The lowest BCUT2D eigenvalue weighted by molar-refractivity contribution is 0.102. The zero-order valence-electron chi connectivity index (χ0n) is 12.2. The molecule has 1 aliphatic rings. The summed E-state index contributed by atoms with van der Waals surface area (Å²) in [4.78, 5) is 15.9. The monoisotopic (exact) mass is 318 g/mol. The number of rotatable bonds is 4. The molecule has 0 radical (unpaired) electrons. The second-order valence-electron chi connectivity index (χ2n) is 5.24. The molecule has 5 heteroatoms. The van der Waals surface area contributed by atoms with Crippen molar-refractivity contribution >= 4 is 24.0 Å². The summed E-state index contributed by atoms with van der Waals surface area (Å²) in [6.45, 7) is 0. The maximum Gasteiger partial charge on any atom is 0.257 e. The Labute approximate surface area is 136 Å². The second-order valence-corrected chi connectivity index (χ2v) is 5.24. The van der Waals surface area contributed by atoms with E-state index < -0.39 is 0 Å². The molecule has 1 heterocycles. The van der Waals surface area contributed by atoms with Crippen LogP contribution in [0.2, 0.25) is 0 Å². The molecule has 1 saturated carbocycles. The summed E-state index contributed by atoms with van der Waals surface area (Å²) < 4.78 is 5.90. The summed E-state index contributed by atoms with van der Waals surface area (Å²) in [6.07, 6.45) is 8.33. The van der Waals surface area contributed by atoms with Crippen LogP contribution < -0.4 is 10.1 Å². The lowest BCUT2D eigenvalue weighted by atomic mass is 10.2. The molecule has 1 aliphatic carbocycles. The number of ether oxygens (including phenoxy) is 1. The maximum absolute atomic E-state index is 12.0. The SMILES string of the molecule is Cl.O=C(Nc1ccc(OC2CCCC2)cc1)c1cccnc1. The van der Waals surface area contributed by atoms with Crippen molar-refractivity contribution in [1.82, 2.24) is 4.98 Å². The van der Waals surface area contributed by atoms with Crippen molar-refractivity contribution in [3.8, 4) is 5.75 Å². The molecule has 116 valence electrons. The molecule has 1 aromatic heterocycles. The van der Waals surface area contributed by atoms with Crippen LogP contribution in [0.1, 0.15) is 36.0 Å². The smallest absolute Gasteiger partial charge is 0.257 e. The number of nitrogens with one attached hydrogen (secondary N) is 1. The second kappa shape index (κ2) is 7.80. The minimum atomic E-state index is -0.160. The summed E-state index contributed by atoms with van der Waals surface area (Å²) in [7, 11) is 0. The van der Waals surface area contributed by atoms with Gasteiger partial charge in [0.05, 0.1) is 11.7 Å². The van der Waals surface area contributed by atoms with E-state index in [0.717, 1.165) is 24.3 Å². The number of pyridine rings is 1. The highest BCUT2D eigenvalue weighted by molar-refractivity contribution is 6.04. The van der Waals surface area contributed by atoms with Crippen molar-refractivity contribution < 1.29 is 9.53 Å². The van der Waals surface area contributed by atoms with Gasteiger partial charge in [-0.05, 0) is 62.1 Å². The van der Waals surface area contributed by atoms with Crippen molar-refractivity contribution in [1.29, 1.82) is 0 Å². The molecular weight excluding hydrogens is 300 g/mol. The molecular formula is C17H19ClN2O2. The van der Waals surface area contributed by atoms with E-state index in [1.807, 2.05) is 24.3 Å². The Hall–Kier alpha value is -2.07. The molecule has 0 unspecified atom stereocenters. The van der Waals surface area contributed by atoms with Gasteiger partial charge in [-0.2, -0.15) is 0 Å². The van der Waals surface area contributed by atoms with Gasteiger partial charge in [0.2, 0.25) is 0 Å². The Balaban J connectivity index is 0.00000176. The molecule has 0 bridgehead atoms. The van der Waals surface area contributed by atoms with Gasteiger partial charge in [0, 0.05) is 18.1 Å². The number of anilines is 1. The van der Waals surface area contributed by atoms with Crippen LogP contribution in [0.4, 0.5) is 5.69 Å². The fourth-order valence-corrected chi connectivity index (χ4v) is 2.52. The lowest BCUT2D eigenvalue weighted by Gasteiger charge is -2.13. The summed E-state index contributed by atoms with van der Waals surface area (Å²) in [5.41, 5.74) is 1.30. The van der Waals surface area contributed by atoms with Crippen molar-refractivity contribution in [2.75, 3.05) is 5.32 Å². The van der Waals surface area contributed by atoms with Crippen LogP contribution in [0.25, 0.3) is 0 Å². The van der Waals surface area contributed by atoms with Crippen molar-refractivity contribution in [2.45, 2.75) is 31.8 Å². The average molecular weight is 319 g/mol. The Morgan fingerprint density at radius 2 is 1.86 bits per heavy atom. The van der Waals surface area contributed by atoms with Crippen LogP contribution >= 0.6 is 12.4 Å². The van der Waals surface area contributed by atoms with Gasteiger partial charge in [-0.3, -0.25) is 9.78 Å². The van der Waals surface area contributed by atoms with E-state index in [0.29, 0.717) is 11.7 Å². The topological polar surface area (TPSA) is 51.2 Å². The van der Waals surface area contributed by atoms with E-state index in [2.05, 4.69) is 10.3 Å². The number of aromatic nitrogens is 1. The molecule has 4 nitrogen and oxygen atoms in total. The number of hydrogen-bond donors (Lipinski definition) is 1. The third-order valence-corrected chi connectivity index (χ3v) is 3.64. The highest BCUT2D eigenvalue weighted by atomic mass is 35.5. The Morgan fingerprint density at radius 1 is 1.14 bits per heavy atom. The minimum Gasteiger partial charge on any atom is -0.490 e. The van der Waals surface area contributed by atoms with E-state index >= 15 is 0 Å². The number of hydrogen-bond acceptors (Lipinski definition) is 3. The highest BCUT2D eigenvalue weighted by Gasteiger charge is 2.16. The zero-order valence-corrected chi connectivity index (χ0v) is 13.0. The zero-order chi connectivity index (χ0) is 14.5. The first-order valence-electron chi connectivity index (χ1n) is 7.29. The maximum atomic E-state index is 12.0. The largest absolute Gasteiger partial charge is 0.490 e. The number of nitrogens with zero attached hydrogens (tertiary/aromatic N) is 1. The van der Waals surface area contributed by atoms with E-state index in [-0.39, 0.29) is 18.3 Å². The molecule has 0 atom stereocenters. The molecule has 1 aromatic carbocycles. The standard InChI is InChI=1S/C17H18N2O2.ClH/c20-17(13-4-3-11-18-12-13)19-14-7-9-16(10-8-14)21-15-5-1-2-6-15;/h3-4,7-12,15H,1-2,5-6H2,(H,19,20);1H. The predicted molar refractivity (Wildman–Crippen MR) is 88.8 cm³/mol. The molecule has 0 saturated heterocycles. The third-order valence-electron chi connectivity index (χ3n) is 3.64. The third kappa shape index (κ3) is 4.21. The van der Waals surface area contributed by atoms with Gasteiger partial charge in [-0.15, -0.1) is 12.4 Å². The molecule has 1 fully saturated rings. The van der Waals surface area contributed by atoms with E-state index in [9.17, 15) is 4.79 Å². The number of amides is 1. The number of halogens is 1. The number of benzene rings is 1. The first-order valence-corrected chi connectivity index (χ1v) is 7.29.